The molecule has 2 aliphatic heterocycles. The van der Waals surface area contributed by atoms with Crippen LogP contribution < -0.4 is 21.3 Å². The fraction of sp³-hybridized carbons (Fsp3) is 0.480. The van der Waals surface area contributed by atoms with E-state index in [0.29, 0.717) is 45.3 Å². The van der Waals surface area contributed by atoms with Crippen LogP contribution in [0.15, 0.2) is 29.3 Å². The van der Waals surface area contributed by atoms with Crippen molar-refractivity contribution in [2.75, 3.05) is 56.9 Å². The Morgan fingerprint density at radius 3 is 2.58 bits per heavy atom. The van der Waals surface area contributed by atoms with Gasteiger partial charge in [0.1, 0.15) is 11.6 Å². The zero-order valence-electron chi connectivity index (χ0n) is 21.0. The number of hydrogen-bond acceptors (Lipinski definition) is 7. The number of anilines is 2. The van der Waals surface area contributed by atoms with Crippen molar-refractivity contribution >= 4 is 46.8 Å². The van der Waals surface area contributed by atoms with E-state index in [0.717, 1.165) is 51.3 Å². The Morgan fingerprint density at radius 1 is 1.17 bits per heavy atom. The predicted molar refractivity (Wildman–Crippen MR) is 148 cm³/mol. The van der Waals surface area contributed by atoms with E-state index in [9.17, 15) is 4.79 Å². The number of amides is 2. The molecule has 2 aromatic rings. The van der Waals surface area contributed by atoms with Gasteiger partial charge < -0.3 is 25.8 Å². The summed E-state index contributed by atoms with van der Waals surface area (Å²) < 4.78 is 0. The van der Waals surface area contributed by atoms with Crippen LogP contribution in [0.3, 0.4) is 0 Å². The molecule has 0 radical (unpaired) electrons. The normalized spacial score (nSPS) is 16.2. The second kappa shape index (κ2) is 12.1. The first-order chi connectivity index (χ1) is 17.3. The van der Waals surface area contributed by atoms with Crippen LogP contribution in [-0.4, -0.2) is 79.1 Å². The number of piperazine rings is 1. The quantitative estimate of drug-likeness (QED) is 0.401. The minimum atomic E-state index is -0.353. The third-order valence-electron chi connectivity index (χ3n) is 6.17. The van der Waals surface area contributed by atoms with Gasteiger partial charge in [0.2, 0.25) is 0 Å². The van der Waals surface area contributed by atoms with Gasteiger partial charge in [0, 0.05) is 55.5 Å². The molecule has 194 valence electrons. The molecule has 4 rings (SSSR count). The molecule has 0 spiro atoms. The number of pyridine rings is 1. The van der Waals surface area contributed by atoms with Gasteiger partial charge in [-0.15, -0.1) is 0 Å². The van der Waals surface area contributed by atoms with Gasteiger partial charge >= 0.3 is 6.03 Å². The molecular formula is C25H34Cl2N8O. The zero-order chi connectivity index (χ0) is 25.7. The van der Waals surface area contributed by atoms with Crippen molar-refractivity contribution in [2.45, 2.75) is 32.9 Å². The number of nitrogens with one attached hydrogen (secondary N) is 4. The van der Waals surface area contributed by atoms with Crippen LogP contribution in [0.2, 0.25) is 10.0 Å². The van der Waals surface area contributed by atoms with E-state index in [2.05, 4.69) is 43.1 Å². The summed E-state index contributed by atoms with van der Waals surface area (Å²) in [6, 6.07) is 6.87. The molecule has 1 saturated heterocycles. The van der Waals surface area contributed by atoms with Crippen molar-refractivity contribution in [2.24, 2.45) is 4.99 Å². The number of carbonyl (C=O) groups is 1. The molecule has 1 fully saturated rings. The lowest BCUT2D eigenvalue weighted by Crippen LogP contribution is -2.45. The molecule has 11 heteroatoms. The molecule has 4 N–H and O–H groups in total. The third kappa shape index (κ3) is 6.79. The molecule has 0 atom stereocenters. The van der Waals surface area contributed by atoms with Crippen molar-refractivity contribution in [1.29, 1.82) is 0 Å². The van der Waals surface area contributed by atoms with E-state index in [-0.39, 0.29) is 12.1 Å². The highest BCUT2D eigenvalue weighted by molar-refractivity contribution is 6.39. The van der Waals surface area contributed by atoms with Gasteiger partial charge in [-0.05, 0) is 52.1 Å². The summed E-state index contributed by atoms with van der Waals surface area (Å²) in [5.74, 6) is 1.68. The van der Waals surface area contributed by atoms with E-state index in [1.807, 2.05) is 19.9 Å². The molecule has 1 aromatic carbocycles. The van der Waals surface area contributed by atoms with Crippen LogP contribution in [0.5, 0.6) is 0 Å². The molecule has 9 nitrogen and oxygen atoms in total. The minimum Gasteiger partial charge on any atom is -0.356 e. The monoisotopic (exact) mass is 532 g/mol. The molecule has 36 heavy (non-hydrogen) atoms. The van der Waals surface area contributed by atoms with Gasteiger partial charge in [0.15, 0.2) is 5.96 Å². The van der Waals surface area contributed by atoms with Crippen molar-refractivity contribution < 1.29 is 4.79 Å². The van der Waals surface area contributed by atoms with E-state index in [4.69, 9.17) is 28.2 Å². The number of fused-ring (bicyclic) bond motifs is 1. The number of halogens is 2. The van der Waals surface area contributed by atoms with E-state index < -0.39 is 0 Å². The van der Waals surface area contributed by atoms with Crippen molar-refractivity contribution in [3.05, 3.63) is 39.9 Å². The fourth-order valence-corrected chi connectivity index (χ4v) is 4.83. The van der Waals surface area contributed by atoms with E-state index in [1.165, 1.54) is 0 Å². The van der Waals surface area contributed by atoms with Gasteiger partial charge in [0.25, 0.3) is 0 Å². The average molecular weight is 534 g/mol. The molecule has 3 heterocycles. The average Bonchev–Trinajstić information content (AvgIpc) is 2.82. The SMILES string of the molecule is CC(C)NC(=O)Nc1nc2c(cc1-c1c(Cl)cccc1Cl)CN=C(NCCCN1CCN(C)CC1)N2. The molecule has 1 aromatic heterocycles. The lowest BCUT2D eigenvalue weighted by atomic mass is 10.0. The number of hydrogen-bond donors (Lipinski definition) is 4. The Hall–Kier alpha value is -2.59. The van der Waals surface area contributed by atoms with Gasteiger partial charge in [-0.2, -0.15) is 0 Å². The molecule has 0 saturated carbocycles. The Bertz CT molecular complexity index is 1100. The van der Waals surface area contributed by atoms with Crippen molar-refractivity contribution in [1.82, 2.24) is 25.4 Å². The summed E-state index contributed by atoms with van der Waals surface area (Å²) in [7, 11) is 2.17. The van der Waals surface area contributed by atoms with Crippen molar-refractivity contribution in [3.8, 4) is 11.1 Å². The summed E-state index contributed by atoms with van der Waals surface area (Å²) in [5.41, 5.74) is 2.15. The van der Waals surface area contributed by atoms with Gasteiger partial charge in [0.05, 0.1) is 16.6 Å². The molecular weight excluding hydrogens is 499 g/mol. The molecule has 2 amide bonds. The predicted octanol–water partition coefficient (Wildman–Crippen LogP) is 4.09. The number of carbonyl (C=O) groups excluding carboxylic acids is 1. The van der Waals surface area contributed by atoms with Gasteiger partial charge in [-0.1, -0.05) is 29.3 Å². The summed E-state index contributed by atoms with van der Waals surface area (Å²) in [6.45, 7) is 10.6. The summed E-state index contributed by atoms with van der Waals surface area (Å²) in [4.78, 5) is 26.8. The van der Waals surface area contributed by atoms with Crippen molar-refractivity contribution in [3.63, 3.8) is 0 Å². The van der Waals surface area contributed by atoms with Crippen LogP contribution in [-0.2, 0) is 6.54 Å². The zero-order valence-corrected chi connectivity index (χ0v) is 22.5. The lowest BCUT2D eigenvalue weighted by Gasteiger charge is -2.32. The molecule has 0 unspecified atom stereocenters. The number of guanidine groups is 1. The van der Waals surface area contributed by atoms with Crippen LogP contribution in [0, 0.1) is 0 Å². The number of aromatic nitrogens is 1. The number of benzene rings is 1. The largest absolute Gasteiger partial charge is 0.356 e. The smallest absolute Gasteiger partial charge is 0.320 e. The highest BCUT2D eigenvalue weighted by Crippen LogP contribution is 2.40. The molecule has 0 aliphatic carbocycles. The topological polar surface area (TPSA) is 96.9 Å². The van der Waals surface area contributed by atoms with E-state index in [1.54, 1.807) is 18.2 Å². The maximum absolute atomic E-state index is 12.5. The van der Waals surface area contributed by atoms with Crippen LogP contribution >= 0.6 is 23.2 Å². The number of likely N-dealkylation sites (N-methyl/N-ethyl adjacent to an activating group) is 1. The Balaban J connectivity index is 1.47. The number of nitrogens with zero attached hydrogens (tertiary/aromatic N) is 4. The van der Waals surface area contributed by atoms with Crippen LogP contribution in [0.25, 0.3) is 11.1 Å². The first-order valence-electron chi connectivity index (χ1n) is 12.3. The summed E-state index contributed by atoms with van der Waals surface area (Å²) in [6.07, 6.45) is 1.02. The highest BCUT2D eigenvalue weighted by atomic mass is 35.5. The van der Waals surface area contributed by atoms with Gasteiger partial charge in [-0.25, -0.2) is 14.8 Å². The fourth-order valence-electron chi connectivity index (χ4n) is 4.23. The second-order valence-corrected chi connectivity index (χ2v) is 10.3. The molecule has 2 aliphatic rings. The Labute approximate surface area is 222 Å². The van der Waals surface area contributed by atoms with Gasteiger partial charge in [-0.3, -0.25) is 5.32 Å². The van der Waals surface area contributed by atoms with E-state index >= 15 is 0 Å². The molecule has 0 bridgehead atoms. The number of aliphatic imine (C=N–C) groups is 1. The summed E-state index contributed by atoms with van der Waals surface area (Å²) >= 11 is 13.0. The maximum Gasteiger partial charge on any atom is 0.320 e. The van der Waals surface area contributed by atoms with Crippen LogP contribution in [0.1, 0.15) is 25.8 Å². The maximum atomic E-state index is 12.5. The Kier molecular flexibility index (Phi) is 8.90. The minimum absolute atomic E-state index is 0.0260. The summed E-state index contributed by atoms with van der Waals surface area (Å²) in [5, 5.41) is 13.3. The third-order valence-corrected chi connectivity index (χ3v) is 6.80. The van der Waals surface area contributed by atoms with Crippen LogP contribution in [0.4, 0.5) is 16.4 Å². The first-order valence-corrected chi connectivity index (χ1v) is 13.1. The first kappa shape index (κ1) is 26.5. The number of urea groups is 1. The standard InChI is InChI=1S/C25H34Cl2N8O/c1-16(2)30-25(36)33-23-18(21-19(26)6-4-7-20(21)27)14-17-15-29-24(32-22(17)31-23)28-8-5-9-35-12-10-34(3)11-13-35/h4,6-7,14,16H,5,8-13,15H2,1-3H3,(H4,28,29,30,31,32,33,36). The second-order valence-electron chi connectivity index (χ2n) is 9.46. The number of rotatable bonds is 7. The Morgan fingerprint density at radius 2 is 1.89 bits per heavy atom. The highest BCUT2D eigenvalue weighted by Gasteiger charge is 2.22. The lowest BCUT2D eigenvalue weighted by molar-refractivity contribution is 0.153.